The summed E-state index contributed by atoms with van der Waals surface area (Å²) in [5.74, 6) is 2.11. The number of hydrogen-bond donors (Lipinski definition) is 1. The van der Waals surface area contributed by atoms with Crippen LogP contribution in [-0.2, 0) is 11.9 Å². The summed E-state index contributed by atoms with van der Waals surface area (Å²) in [6, 6.07) is 3.57. The summed E-state index contributed by atoms with van der Waals surface area (Å²) in [5, 5.41) is 0. The Kier molecular flexibility index (Phi) is 4.17. The minimum absolute atomic E-state index is 0.196. The lowest BCUT2D eigenvalue weighted by Gasteiger charge is -2.17. The first-order chi connectivity index (χ1) is 8.68. The van der Waals surface area contributed by atoms with E-state index in [9.17, 15) is 0 Å². The largest absolute Gasteiger partial charge is 0.467 e. The van der Waals surface area contributed by atoms with Crippen molar-refractivity contribution in [3.8, 4) is 0 Å². The standard InChI is InChI=1S/C13H19N3O2/c1-10(2)9-18-15-12(11-5-4-8-17-11)13-14-6-7-16(13)3/h4-8,10,12,15H,9H2,1-3H3. The van der Waals surface area contributed by atoms with Crippen LogP contribution in [0.4, 0.5) is 0 Å². The van der Waals surface area contributed by atoms with E-state index in [0.29, 0.717) is 12.5 Å². The van der Waals surface area contributed by atoms with Gasteiger partial charge in [-0.15, -0.1) is 0 Å². The maximum Gasteiger partial charge on any atom is 0.148 e. The monoisotopic (exact) mass is 249 g/mol. The molecule has 2 aromatic rings. The van der Waals surface area contributed by atoms with Crippen LogP contribution in [-0.4, -0.2) is 16.2 Å². The van der Waals surface area contributed by atoms with Gasteiger partial charge in [-0.25, -0.2) is 4.98 Å². The zero-order chi connectivity index (χ0) is 13.0. The van der Waals surface area contributed by atoms with E-state index in [0.717, 1.165) is 11.6 Å². The number of rotatable bonds is 6. The highest BCUT2D eigenvalue weighted by molar-refractivity contribution is 5.14. The summed E-state index contributed by atoms with van der Waals surface area (Å²) < 4.78 is 7.38. The van der Waals surface area contributed by atoms with Gasteiger partial charge in [0.15, 0.2) is 0 Å². The van der Waals surface area contributed by atoms with E-state index < -0.39 is 0 Å². The Labute approximate surface area is 107 Å². The summed E-state index contributed by atoms with van der Waals surface area (Å²) in [6.45, 7) is 4.84. The molecule has 5 nitrogen and oxygen atoms in total. The average Bonchev–Trinajstić information content (AvgIpc) is 2.96. The fourth-order valence-corrected chi connectivity index (χ4v) is 1.65. The topological polar surface area (TPSA) is 52.2 Å². The van der Waals surface area contributed by atoms with Crippen LogP contribution in [0.25, 0.3) is 0 Å². The number of hydrogen-bond acceptors (Lipinski definition) is 4. The summed E-state index contributed by atoms with van der Waals surface area (Å²) in [4.78, 5) is 9.83. The van der Waals surface area contributed by atoms with Crippen LogP contribution in [0, 0.1) is 5.92 Å². The number of nitrogens with one attached hydrogen (secondary N) is 1. The van der Waals surface area contributed by atoms with Gasteiger partial charge in [0.25, 0.3) is 0 Å². The van der Waals surface area contributed by atoms with Crippen LogP contribution in [0.1, 0.15) is 31.5 Å². The zero-order valence-corrected chi connectivity index (χ0v) is 11.0. The van der Waals surface area contributed by atoms with Gasteiger partial charge in [-0.1, -0.05) is 13.8 Å². The second-order valence-corrected chi connectivity index (χ2v) is 4.67. The molecule has 0 aliphatic heterocycles. The predicted molar refractivity (Wildman–Crippen MR) is 67.7 cm³/mol. The molecule has 1 unspecified atom stereocenters. The maximum absolute atomic E-state index is 5.50. The molecule has 0 amide bonds. The Morgan fingerprint density at radius 1 is 1.50 bits per heavy atom. The van der Waals surface area contributed by atoms with Crippen molar-refractivity contribution >= 4 is 0 Å². The van der Waals surface area contributed by atoms with E-state index in [1.54, 1.807) is 12.5 Å². The van der Waals surface area contributed by atoms with Gasteiger partial charge in [0, 0.05) is 19.4 Å². The number of imidazole rings is 1. The fourth-order valence-electron chi connectivity index (χ4n) is 1.65. The molecule has 5 heteroatoms. The lowest BCUT2D eigenvalue weighted by Crippen LogP contribution is -2.26. The minimum atomic E-state index is -0.196. The minimum Gasteiger partial charge on any atom is -0.467 e. The third-order valence-corrected chi connectivity index (χ3v) is 2.56. The van der Waals surface area contributed by atoms with E-state index in [1.165, 1.54) is 0 Å². The Morgan fingerprint density at radius 2 is 2.33 bits per heavy atom. The summed E-state index contributed by atoms with van der Waals surface area (Å²) in [7, 11) is 1.95. The Hall–Kier alpha value is -1.59. The highest BCUT2D eigenvalue weighted by atomic mass is 16.6. The quantitative estimate of drug-likeness (QED) is 0.798. The van der Waals surface area contributed by atoms with Gasteiger partial charge in [-0.3, -0.25) is 0 Å². The van der Waals surface area contributed by atoms with E-state index >= 15 is 0 Å². The van der Waals surface area contributed by atoms with E-state index in [1.807, 2.05) is 29.9 Å². The van der Waals surface area contributed by atoms with Crippen LogP contribution in [0.3, 0.4) is 0 Å². The molecule has 0 spiro atoms. The molecule has 2 rings (SSSR count). The molecule has 0 saturated carbocycles. The first-order valence-electron chi connectivity index (χ1n) is 6.06. The number of hydroxylamine groups is 1. The van der Waals surface area contributed by atoms with Gasteiger partial charge in [-0.05, 0) is 18.1 Å². The zero-order valence-electron chi connectivity index (χ0n) is 11.0. The van der Waals surface area contributed by atoms with Crippen LogP contribution in [0.15, 0.2) is 35.2 Å². The van der Waals surface area contributed by atoms with Crippen molar-refractivity contribution in [1.82, 2.24) is 15.0 Å². The normalized spacial score (nSPS) is 13.1. The van der Waals surface area contributed by atoms with Crippen molar-refractivity contribution in [3.05, 3.63) is 42.4 Å². The molecule has 1 N–H and O–H groups in total. The Morgan fingerprint density at radius 3 is 2.89 bits per heavy atom. The molecule has 0 saturated heterocycles. The molecular formula is C13H19N3O2. The molecule has 0 aliphatic rings. The number of furan rings is 1. The average molecular weight is 249 g/mol. The molecule has 0 aromatic carbocycles. The van der Waals surface area contributed by atoms with E-state index in [2.05, 4.69) is 24.3 Å². The Balaban J connectivity index is 2.12. The van der Waals surface area contributed by atoms with Gasteiger partial charge in [0.1, 0.15) is 17.6 Å². The van der Waals surface area contributed by atoms with Gasteiger partial charge in [-0.2, -0.15) is 5.48 Å². The molecular weight excluding hydrogens is 230 g/mol. The van der Waals surface area contributed by atoms with Crippen molar-refractivity contribution in [2.45, 2.75) is 19.9 Å². The number of nitrogens with zero attached hydrogens (tertiary/aromatic N) is 2. The smallest absolute Gasteiger partial charge is 0.148 e. The maximum atomic E-state index is 5.50. The van der Waals surface area contributed by atoms with Gasteiger partial charge >= 0.3 is 0 Å². The molecule has 18 heavy (non-hydrogen) atoms. The van der Waals surface area contributed by atoms with Crippen molar-refractivity contribution < 1.29 is 9.25 Å². The SMILES string of the molecule is CC(C)CONC(c1ccco1)c1nccn1C. The third kappa shape index (κ3) is 3.00. The van der Waals surface area contributed by atoms with Crippen molar-refractivity contribution in [3.63, 3.8) is 0 Å². The lowest BCUT2D eigenvalue weighted by molar-refractivity contribution is 0.00240. The number of aryl methyl sites for hydroxylation is 1. The Bertz CT molecular complexity index is 462. The van der Waals surface area contributed by atoms with Crippen LogP contribution in [0.2, 0.25) is 0 Å². The summed E-state index contributed by atoms with van der Waals surface area (Å²) in [5.41, 5.74) is 3.02. The van der Waals surface area contributed by atoms with Gasteiger partial charge in [0.05, 0.1) is 12.9 Å². The molecule has 2 heterocycles. The summed E-state index contributed by atoms with van der Waals surface area (Å²) >= 11 is 0. The molecule has 0 aliphatic carbocycles. The third-order valence-electron chi connectivity index (χ3n) is 2.56. The van der Waals surface area contributed by atoms with Crippen LogP contribution in [0.5, 0.6) is 0 Å². The highest BCUT2D eigenvalue weighted by Crippen LogP contribution is 2.20. The van der Waals surface area contributed by atoms with Crippen molar-refractivity contribution in [2.75, 3.05) is 6.61 Å². The second kappa shape index (κ2) is 5.84. The van der Waals surface area contributed by atoms with Crippen molar-refractivity contribution in [2.24, 2.45) is 13.0 Å². The van der Waals surface area contributed by atoms with Gasteiger partial charge in [0.2, 0.25) is 0 Å². The molecule has 0 bridgehead atoms. The van der Waals surface area contributed by atoms with Gasteiger partial charge < -0.3 is 13.8 Å². The molecule has 1 atom stereocenters. The van der Waals surface area contributed by atoms with E-state index in [-0.39, 0.29) is 6.04 Å². The molecule has 2 aromatic heterocycles. The van der Waals surface area contributed by atoms with Crippen LogP contribution < -0.4 is 5.48 Å². The molecule has 0 fully saturated rings. The fraction of sp³-hybridized carbons (Fsp3) is 0.462. The first-order valence-corrected chi connectivity index (χ1v) is 6.06. The number of aromatic nitrogens is 2. The second-order valence-electron chi connectivity index (χ2n) is 4.67. The van der Waals surface area contributed by atoms with E-state index in [4.69, 9.17) is 9.25 Å². The first kappa shape index (κ1) is 12.9. The molecule has 0 radical (unpaired) electrons. The van der Waals surface area contributed by atoms with Crippen molar-refractivity contribution in [1.29, 1.82) is 0 Å². The summed E-state index contributed by atoms with van der Waals surface area (Å²) in [6.07, 6.45) is 5.31. The predicted octanol–water partition coefficient (Wildman–Crippen LogP) is 2.28. The lowest BCUT2D eigenvalue weighted by atomic mass is 10.2. The highest BCUT2D eigenvalue weighted by Gasteiger charge is 2.21. The molecule has 98 valence electrons. The van der Waals surface area contributed by atoms with Crippen LogP contribution >= 0.6 is 0 Å².